The van der Waals surface area contributed by atoms with E-state index in [9.17, 15) is 4.79 Å². The Labute approximate surface area is 125 Å². The summed E-state index contributed by atoms with van der Waals surface area (Å²) in [4.78, 5) is 14.7. The normalized spacial score (nSPS) is 10.4. The molecule has 0 bridgehead atoms. The number of H-pyrrole nitrogens is 1. The lowest BCUT2D eigenvalue weighted by molar-refractivity contribution is 0.102. The smallest absolute Gasteiger partial charge is 0.272 e. The molecule has 18 heavy (non-hydrogen) atoms. The highest BCUT2D eigenvalue weighted by Crippen LogP contribution is 2.34. The summed E-state index contributed by atoms with van der Waals surface area (Å²) in [5.41, 5.74) is 7.05. The molecule has 1 heterocycles. The van der Waals surface area contributed by atoms with Crippen molar-refractivity contribution < 1.29 is 4.79 Å². The number of nitrogen functional groups attached to an aromatic ring is 1. The first-order valence-electron chi connectivity index (χ1n) is 4.87. The first-order chi connectivity index (χ1) is 8.47. The maximum absolute atomic E-state index is 11.9. The molecule has 2 rings (SSSR count). The molecule has 0 unspecified atom stereocenters. The molecule has 1 aromatic heterocycles. The number of carbonyl (C=O) groups is 1. The van der Waals surface area contributed by atoms with Crippen LogP contribution in [0, 0.1) is 0 Å². The van der Waals surface area contributed by atoms with E-state index in [1.54, 1.807) is 24.4 Å². The Hall–Kier alpha value is -0.980. The highest BCUT2D eigenvalue weighted by Gasteiger charge is 2.13. The van der Waals surface area contributed by atoms with Gasteiger partial charge in [-0.2, -0.15) is 0 Å². The molecule has 1 amide bonds. The monoisotopic (exact) mass is 391 g/mol. The number of benzene rings is 1. The van der Waals surface area contributed by atoms with Crippen molar-refractivity contribution in [3.63, 3.8) is 0 Å². The molecule has 0 aliphatic rings. The van der Waals surface area contributed by atoms with Crippen LogP contribution in [-0.2, 0) is 0 Å². The number of anilines is 2. The Kier molecular flexibility index (Phi) is 3.99. The minimum atomic E-state index is -0.282. The molecule has 0 spiro atoms. The summed E-state index contributed by atoms with van der Waals surface area (Å²) in [5.74, 6) is -0.282. The largest absolute Gasteiger partial charge is 0.397 e. The molecule has 0 fully saturated rings. The van der Waals surface area contributed by atoms with Gasteiger partial charge in [-0.1, -0.05) is 11.6 Å². The minimum absolute atomic E-state index is 0.282. The van der Waals surface area contributed by atoms with Gasteiger partial charge in [0.25, 0.3) is 5.91 Å². The van der Waals surface area contributed by atoms with Gasteiger partial charge in [0.05, 0.1) is 5.69 Å². The molecule has 0 saturated carbocycles. The van der Waals surface area contributed by atoms with Crippen molar-refractivity contribution in [1.82, 2.24) is 4.98 Å². The van der Waals surface area contributed by atoms with Crippen LogP contribution in [0.1, 0.15) is 10.5 Å². The number of halogens is 3. The molecule has 1 aromatic carbocycles. The van der Waals surface area contributed by atoms with Gasteiger partial charge in [0.2, 0.25) is 0 Å². The molecule has 94 valence electrons. The average molecular weight is 393 g/mol. The summed E-state index contributed by atoms with van der Waals surface area (Å²) < 4.78 is 1.38. The fourth-order valence-corrected chi connectivity index (χ4v) is 3.25. The summed E-state index contributed by atoms with van der Waals surface area (Å²) in [5, 5.41) is 3.32. The third-order valence-corrected chi connectivity index (χ3v) is 3.66. The second-order valence-electron chi connectivity index (χ2n) is 3.55. The number of amides is 1. The predicted molar refractivity (Wildman–Crippen MR) is 80.0 cm³/mol. The lowest BCUT2D eigenvalue weighted by atomic mass is 10.3. The first-order valence-corrected chi connectivity index (χ1v) is 6.83. The molecule has 4 nitrogen and oxygen atoms in total. The van der Waals surface area contributed by atoms with Gasteiger partial charge in [-0.15, -0.1) is 0 Å². The summed E-state index contributed by atoms with van der Waals surface area (Å²) in [6.45, 7) is 0. The molecule has 0 saturated heterocycles. The fraction of sp³-hybridized carbons (Fsp3) is 0. The predicted octanol–water partition coefficient (Wildman–Crippen LogP) is 4.03. The number of rotatable bonds is 2. The Morgan fingerprint density at radius 1 is 1.28 bits per heavy atom. The van der Waals surface area contributed by atoms with Gasteiger partial charge in [0.1, 0.15) is 5.69 Å². The van der Waals surface area contributed by atoms with Crippen LogP contribution in [0.5, 0.6) is 0 Å². The van der Waals surface area contributed by atoms with Gasteiger partial charge in [0, 0.05) is 25.9 Å². The zero-order valence-electron chi connectivity index (χ0n) is 8.93. The molecular formula is C11H8Br2ClN3O. The van der Waals surface area contributed by atoms with Crippen LogP contribution in [0.15, 0.2) is 33.3 Å². The van der Waals surface area contributed by atoms with Crippen LogP contribution in [0.3, 0.4) is 0 Å². The van der Waals surface area contributed by atoms with Gasteiger partial charge in [-0.25, -0.2) is 0 Å². The number of nitrogens with one attached hydrogen (secondary N) is 2. The van der Waals surface area contributed by atoms with Crippen molar-refractivity contribution in [3.8, 4) is 0 Å². The zero-order valence-corrected chi connectivity index (χ0v) is 12.9. The number of aromatic nitrogens is 1. The van der Waals surface area contributed by atoms with Crippen molar-refractivity contribution in [2.24, 2.45) is 0 Å². The van der Waals surface area contributed by atoms with Crippen molar-refractivity contribution in [2.75, 3.05) is 11.1 Å². The van der Waals surface area contributed by atoms with E-state index in [0.717, 1.165) is 0 Å². The van der Waals surface area contributed by atoms with E-state index in [2.05, 4.69) is 42.2 Å². The Balaban J connectivity index is 2.27. The van der Waals surface area contributed by atoms with E-state index >= 15 is 0 Å². The number of aromatic amines is 1. The van der Waals surface area contributed by atoms with Crippen LogP contribution in [0.4, 0.5) is 11.4 Å². The van der Waals surface area contributed by atoms with E-state index in [1.807, 2.05) is 0 Å². The van der Waals surface area contributed by atoms with Gasteiger partial charge < -0.3 is 16.0 Å². The minimum Gasteiger partial charge on any atom is -0.397 e. The summed E-state index contributed by atoms with van der Waals surface area (Å²) in [7, 11) is 0. The zero-order chi connectivity index (χ0) is 13.3. The maximum atomic E-state index is 11.9. The summed E-state index contributed by atoms with van der Waals surface area (Å²) >= 11 is 12.6. The lowest BCUT2D eigenvalue weighted by Gasteiger charge is -2.09. The summed E-state index contributed by atoms with van der Waals surface area (Å²) in [6, 6.07) is 4.96. The van der Waals surface area contributed by atoms with Crippen molar-refractivity contribution in [2.45, 2.75) is 0 Å². The van der Waals surface area contributed by atoms with E-state index in [4.69, 9.17) is 17.3 Å². The van der Waals surface area contributed by atoms with Gasteiger partial charge in [0.15, 0.2) is 0 Å². The van der Waals surface area contributed by atoms with Crippen LogP contribution in [-0.4, -0.2) is 10.9 Å². The van der Waals surface area contributed by atoms with Gasteiger partial charge >= 0.3 is 0 Å². The van der Waals surface area contributed by atoms with Crippen molar-refractivity contribution in [3.05, 3.63) is 44.1 Å². The second-order valence-corrected chi connectivity index (χ2v) is 5.69. The third-order valence-electron chi connectivity index (χ3n) is 2.20. The van der Waals surface area contributed by atoms with Crippen LogP contribution < -0.4 is 11.1 Å². The molecule has 0 aliphatic heterocycles. The van der Waals surface area contributed by atoms with E-state index < -0.39 is 0 Å². The molecular weight excluding hydrogens is 385 g/mol. The molecule has 0 radical (unpaired) electrons. The number of nitrogens with two attached hydrogens (primary N) is 1. The highest BCUT2D eigenvalue weighted by molar-refractivity contribution is 9.11. The number of hydrogen-bond acceptors (Lipinski definition) is 2. The van der Waals surface area contributed by atoms with Crippen LogP contribution in [0.25, 0.3) is 0 Å². The standard InChI is InChI=1S/C11H8Br2ClN3O/c12-7-1-5(14)2-8(13)10(7)17-11(18)9-3-6(15)4-16-9/h1-4,16H,15H2,(H,17,18). The van der Waals surface area contributed by atoms with E-state index in [1.165, 1.54) is 0 Å². The molecule has 4 N–H and O–H groups in total. The second kappa shape index (κ2) is 5.34. The van der Waals surface area contributed by atoms with Crippen LogP contribution >= 0.6 is 43.5 Å². The van der Waals surface area contributed by atoms with E-state index in [0.29, 0.717) is 31.0 Å². The molecule has 2 aromatic rings. The topological polar surface area (TPSA) is 70.9 Å². The Bertz CT molecular complexity index is 589. The number of hydrogen-bond donors (Lipinski definition) is 3. The van der Waals surface area contributed by atoms with Gasteiger partial charge in [-0.05, 0) is 50.1 Å². The lowest BCUT2D eigenvalue weighted by Crippen LogP contribution is -2.13. The third kappa shape index (κ3) is 2.88. The SMILES string of the molecule is Nc1c[nH]c(C(=O)Nc2c(Br)cc(Cl)cc2Br)c1. The summed E-state index contributed by atoms with van der Waals surface area (Å²) in [6.07, 6.45) is 1.56. The quantitative estimate of drug-likeness (QED) is 0.721. The van der Waals surface area contributed by atoms with Crippen LogP contribution in [0.2, 0.25) is 5.02 Å². The molecule has 0 atom stereocenters. The maximum Gasteiger partial charge on any atom is 0.272 e. The Morgan fingerprint density at radius 2 is 1.89 bits per heavy atom. The van der Waals surface area contributed by atoms with Crippen molar-refractivity contribution in [1.29, 1.82) is 0 Å². The van der Waals surface area contributed by atoms with Crippen molar-refractivity contribution >= 4 is 60.7 Å². The molecule has 0 aliphatic carbocycles. The molecule has 7 heteroatoms. The van der Waals surface area contributed by atoms with E-state index in [-0.39, 0.29) is 5.91 Å². The fourth-order valence-electron chi connectivity index (χ4n) is 1.38. The van der Waals surface area contributed by atoms with Gasteiger partial charge in [-0.3, -0.25) is 4.79 Å². The highest BCUT2D eigenvalue weighted by atomic mass is 79.9. The number of carbonyl (C=O) groups excluding carboxylic acids is 1. The Morgan fingerprint density at radius 3 is 2.39 bits per heavy atom. The first kappa shape index (κ1) is 13.5. The average Bonchev–Trinajstić information content (AvgIpc) is 2.70.